The molecule has 16 heavy (non-hydrogen) atoms. The van der Waals surface area contributed by atoms with Gasteiger partial charge in [0.05, 0.1) is 11.5 Å². The van der Waals surface area contributed by atoms with Gasteiger partial charge in [-0.05, 0) is 12.1 Å². The van der Waals surface area contributed by atoms with Crippen molar-refractivity contribution >= 4 is 9.84 Å². The molecule has 0 bridgehead atoms. The Morgan fingerprint density at radius 2 is 1.50 bits per heavy atom. The van der Waals surface area contributed by atoms with Crippen LogP contribution in [0.25, 0.3) is 0 Å². The molecule has 0 unspecified atom stereocenters. The monoisotopic (exact) mass is 240 g/mol. The van der Waals surface area contributed by atoms with Gasteiger partial charge in [0, 0.05) is 12.8 Å². The van der Waals surface area contributed by atoms with Gasteiger partial charge < -0.3 is 9.47 Å². The molecule has 1 fully saturated rings. The first-order valence-electron chi connectivity index (χ1n) is 5.26. The first kappa shape index (κ1) is 9.96. The number of benzene rings is 1. The van der Waals surface area contributed by atoms with E-state index in [2.05, 4.69) is 0 Å². The second-order valence-corrected chi connectivity index (χ2v) is 6.52. The van der Waals surface area contributed by atoms with Crippen molar-refractivity contribution in [2.75, 3.05) is 11.5 Å². The topological polar surface area (TPSA) is 52.6 Å². The Morgan fingerprint density at radius 3 is 2.00 bits per heavy atom. The summed E-state index contributed by atoms with van der Waals surface area (Å²) in [6.45, 7) is 0. The number of fused-ring (bicyclic) bond motifs is 1. The molecule has 3 rings (SSSR count). The Labute approximate surface area is 94.1 Å². The molecule has 0 saturated carbocycles. The van der Waals surface area contributed by atoms with Crippen LogP contribution in [0.15, 0.2) is 24.3 Å². The fourth-order valence-electron chi connectivity index (χ4n) is 2.09. The van der Waals surface area contributed by atoms with Gasteiger partial charge in [0.1, 0.15) is 0 Å². The summed E-state index contributed by atoms with van der Waals surface area (Å²) < 4.78 is 34.2. The van der Waals surface area contributed by atoms with Gasteiger partial charge in [-0.2, -0.15) is 0 Å². The van der Waals surface area contributed by atoms with E-state index in [9.17, 15) is 8.42 Å². The molecule has 0 N–H and O–H groups in total. The average molecular weight is 240 g/mol. The molecule has 2 aliphatic heterocycles. The van der Waals surface area contributed by atoms with Crippen molar-refractivity contribution in [2.24, 2.45) is 0 Å². The van der Waals surface area contributed by atoms with Crippen molar-refractivity contribution in [1.82, 2.24) is 0 Å². The Hall–Kier alpha value is -1.23. The third-order valence-corrected chi connectivity index (χ3v) is 4.68. The summed E-state index contributed by atoms with van der Waals surface area (Å²) in [5.41, 5.74) is 0. The van der Waals surface area contributed by atoms with E-state index in [1.807, 2.05) is 24.3 Å². The molecule has 0 atom stereocenters. The van der Waals surface area contributed by atoms with E-state index in [0.717, 1.165) is 0 Å². The summed E-state index contributed by atoms with van der Waals surface area (Å²) in [6, 6.07) is 7.43. The van der Waals surface area contributed by atoms with Crippen LogP contribution in [0, 0.1) is 0 Å². The first-order chi connectivity index (χ1) is 7.59. The lowest BCUT2D eigenvalue weighted by Gasteiger charge is -2.31. The molecule has 0 aliphatic carbocycles. The zero-order valence-corrected chi connectivity index (χ0v) is 9.50. The Balaban J connectivity index is 1.86. The molecular weight excluding hydrogens is 228 g/mol. The van der Waals surface area contributed by atoms with E-state index < -0.39 is 15.6 Å². The third-order valence-electron chi connectivity index (χ3n) is 3.03. The number of sulfone groups is 1. The maximum atomic E-state index is 11.4. The summed E-state index contributed by atoms with van der Waals surface area (Å²) in [5, 5.41) is 0. The van der Waals surface area contributed by atoms with Gasteiger partial charge in [0.15, 0.2) is 21.3 Å². The van der Waals surface area contributed by atoms with Crippen molar-refractivity contribution in [3.05, 3.63) is 24.3 Å². The van der Waals surface area contributed by atoms with E-state index in [1.54, 1.807) is 0 Å². The molecule has 2 heterocycles. The van der Waals surface area contributed by atoms with Gasteiger partial charge in [-0.1, -0.05) is 12.1 Å². The molecule has 1 aromatic carbocycles. The smallest absolute Gasteiger partial charge is 0.253 e. The maximum absolute atomic E-state index is 11.4. The average Bonchev–Trinajstić information content (AvgIpc) is 2.62. The van der Waals surface area contributed by atoms with Crippen LogP contribution >= 0.6 is 0 Å². The minimum absolute atomic E-state index is 0.140. The molecule has 4 nitrogen and oxygen atoms in total. The number of hydrogen-bond acceptors (Lipinski definition) is 4. The van der Waals surface area contributed by atoms with Crippen LogP contribution in [0.2, 0.25) is 0 Å². The highest BCUT2D eigenvalue weighted by Gasteiger charge is 2.45. The van der Waals surface area contributed by atoms with Crippen molar-refractivity contribution < 1.29 is 17.9 Å². The Kier molecular flexibility index (Phi) is 1.95. The van der Waals surface area contributed by atoms with E-state index >= 15 is 0 Å². The highest BCUT2D eigenvalue weighted by atomic mass is 32.2. The number of rotatable bonds is 0. The van der Waals surface area contributed by atoms with Crippen LogP contribution in [0.1, 0.15) is 12.8 Å². The fourth-order valence-corrected chi connectivity index (χ4v) is 3.54. The predicted octanol–water partition coefficient (Wildman–Crippen LogP) is 1.36. The molecule has 1 saturated heterocycles. The molecule has 5 heteroatoms. The number of hydrogen-bond donors (Lipinski definition) is 0. The maximum Gasteiger partial charge on any atom is 0.253 e. The lowest BCUT2D eigenvalue weighted by molar-refractivity contribution is -0.0856. The van der Waals surface area contributed by atoms with E-state index in [1.165, 1.54) is 0 Å². The zero-order valence-electron chi connectivity index (χ0n) is 8.68. The molecule has 86 valence electrons. The van der Waals surface area contributed by atoms with E-state index in [-0.39, 0.29) is 11.5 Å². The third kappa shape index (κ3) is 1.55. The highest BCUT2D eigenvalue weighted by Crippen LogP contribution is 2.43. The summed E-state index contributed by atoms with van der Waals surface area (Å²) in [6.07, 6.45) is 0.814. The largest absolute Gasteiger partial charge is 0.448 e. The normalized spacial score (nSPS) is 24.5. The van der Waals surface area contributed by atoms with Crippen molar-refractivity contribution in [2.45, 2.75) is 18.6 Å². The molecule has 0 amide bonds. The summed E-state index contributed by atoms with van der Waals surface area (Å²) in [7, 11) is -2.89. The van der Waals surface area contributed by atoms with Gasteiger partial charge >= 0.3 is 0 Å². The Bertz CT molecular complexity index is 480. The van der Waals surface area contributed by atoms with Crippen molar-refractivity contribution in [1.29, 1.82) is 0 Å². The SMILES string of the molecule is O=S1(=O)CCC2(CC1)Oc1ccccc1O2. The van der Waals surface area contributed by atoms with E-state index in [0.29, 0.717) is 24.3 Å². The highest BCUT2D eigenvalue weighted by molar-refractivity contribution is 7.91. The van der Waals surface area contributed by atoms with Crippen molar-refractivity contribution in [3.8, 4) is 11.5 Å². The van der Waals surface area contributed by atoms with Gasteiger partial charge in [0.2, 0.25) is 0 Å². The fraction of sp³-hybridized carbons (Fsp3) is 0.455. The van der Waals surface area contributed by atoms with Crippen LogP contribution < -0.4 is 9.47 Å². The van der Waals surface area contributed by atoms with Crippen LogP contribution in [0.4, 0.5) is 0 Å². The first-order valence-corrected chi connectivity index (χ1v) is 7.08. The van der Waals surface area contributed by atoms with Gasteiger partial charge in [-0.15, -0.1) is 0 Å². The van der Waals surface area contributed by atoms with Crippen LogP contribution in [-0.2, 0) is 9.84 Å². The molecular formula is C11H12O4S. The summed E-state index contributed by atoms with van der Waals surface area (Å²) >= 11 is 0. The van der Waals surface area contributed by atoms with Gasteiger partial charge in [0.25, 0.3) is 5.79 Å². The second kappa shape index (κ2) is 3.13. The quantitative estimate of drug-likeness (QED) is 0.687. The Morgan fingerprint density at radius 1 is 1.00 bits per heavy atom. The second-order valence-electron chi connectivity index (χ2n) is 4.21. The van der Waals surface area contributed by atoms with E-state index in [4.69, 9.17) is 9.47 Å². The molecule has 1 spiro atoms. The van der Waals surface area contributed by atoms with Crippen molar-refractivity contribution in [3.63, 3.8) is 0 Å². The molecule has 0 aromatic heterocycles. The summed E-state index contributed by atoms with van der Waals surface area (Å²) in [4.78, 5) is 0. The lowest BCUT2D eigenvalue weighted by Crippen LogP contribution is -2.46. The zero-order chi connectivity index (χ0) is 11.2. The summed E-state index contributed by atoms with van der Waals surface area (Å²) in [5.74, 6) is 0.959. The minimum Gasteiger partial charge on any atom is -0.448 e. The number of ether oxygens (including phenoxy) is 2. The standard InChI is InChI=1S/C11H12O4S/c12-16(13)7-5-11(6-8-16)14-9-3-1-2-4-10(9)15-11/h1-4H,5-8H2. The van der Waals surface area contributed by atoms with Gasteiger partial charge in [-0.25, -0.2) is 8.42 Å². The lowest BCUT2D eigenvalue weighted by atomic mass is 10.1. The van der Waals surface area contributed by atoms with Crippen LogP contribution in [0.5, 0.6) is 11.5 Å². The van der Waals surface area contributed by atoms with Gasteiger partial charge in [-0.3, -0.25) is 0 Å². The minimum atomic E-state index is -2.89. The molecule has 2 aliphatic rings. The predicted molar refractivity (Wildman–Crippen MR) is 58.3 cm³/mol. The van der Waals surface area contributed by atoms with Crippen LogP contribution in [0.3, 0.4) is 0 Å². The molecule has 1 aromatic rings. The molecule has 0 radical (unpaired) electrons. The van der Waals surface area contributed by atoms with Crippen LogP contribution in [-0.4, -0.2) is 25.7 Å². The number of para-hydroxylation sites is 2.